The normalized spacial score (nSPS) is 20.3. The van der Waals surface area contributed by atoms with Crippen molar-refractivity contribution >= 4 is 23.0 Å². The van der Waals surface area contributed by atoms with Crippen molar-refractivity contribution in [3.05, 3.63) is 95.2 Å². The second kappa shape index (κ2) is 7.89. The van der Waals surface area contributed by atoms with Crippen LogP contribution in [-0.4, -0.2) is 22.6 Å². The van der Waals surface area contributed by atoms with E-state index in [1.54, 1.807) is 13.0 Å². The number of nitrogens with one attached hydrogen (secondary N) is 2. The lowest BCUT2D eigenvalue weighted by molar-refractivity contribution is -0.119. The molecule has 2 aromatic rings. The highest BCUT2D eigenvalue weighted by atomic mass is 16.3. The molecule has 2 aromatic carbocycles. The molecule has 4 rings (SSSR count). The smallest absolute Gasteiger partial charge is 0.249 e. The average Bonchev–Trinajstić information content (AvgIpc) is 3.13. The number of amides is 2. The summed E-state index contributed by atoms with van der Waals surface area (Å²) in [7, 11) is 0. The van der Waals surface area contributed by atoms with Crippen molar-refractivity contribution in [2.24, 2.45) is 0 Å². The minimum atomic E-state index is -1.26. The Labute approximate surface area is 170 Å². The molecular weight excluding hydrogens is 364 g/mol. The van der Waals surface area contributed by atoms with Crippen molar-refractivity contribution in [3.8, 4) is 0 Å². The topological polar surface area (TPSA) is 78.4 Å². The van der Waals surface area contributed by atoms with E-state index >= 15 is 0 Å². The van der Waals surface area contributed by atoms with E-state index in [9.17, 15) is 14.7 Å². The first-order chi connectivity index (χ1) is 13.7. The Morgan fingerprint density at radius 2 is 1.34 bits per heavy atom. The van der Waals surface area contributed by atoms with Gasteiger partial charge in [-0.1, -0.05) is 66.2 Å². The van der Waals surface area contributed by atoms with Gasteiger partial charge in [0, 0.05) is 29.0 Å². The summed E-state index contributed by atoms with van der Waals surface area (Å²) in [5.74, 6) is -0.346. The quantitative estimate of drug-likeness (QED) is 0.739. The highest BCUT2D eigenvalue weighted by Gasteiger charge is 2.34. The van der Waals surface area contributed by atoms with Gasteiger partial charge in [-0.25, -0.2) is 0 Å². The molecule has 1 atom stereocenters. The number of carbonyl (C=O) groups excluding carboxylic acids is 2. The summed E-state index contributed by atoms with van der Waals surface area (Å²) in [6.07, 6.45) is 3.01. The van der Waals surface area contributed by atoms with Gasteiger partial charge in [-0.2, -0.15) is 0 Å². The molecule has 0 bridgehead atoms. The van der Waals surface area contributed by atoms with Crippen molar-refractivity contribution in [3.63, 3.8) is 0 Å². The Kier molecular flexibility index (Phi) is 5.52. The van der Waals surface area contributed by atoms with Crippen molar-refractivity contribution in [1.29, 1.82) is 0 Å². The number of aryl methyl sites for hydroxylation is 2. The van der Waals surface area contributed by atoms with Crippen LogP contribution in [0.15, 0.2) is 73.0 Å². The number of hydrogen-bond acceptors (Lipinski definition) is 3. The predicted molar refractivity (Wildman–Crippen MR) is 114 cm³/mol. The largest absolute Gasteiger partial charge is 0.367 e. The number of hydrogen-bond donors (Lipinski definition) is 3. The van der Waals surface area contributed by atoms with E-state index < -0.39 is 5.72 Å². The Morgan fingerprint density at radius 3 is 1.76 bits per heavy atom. The molecule has 2 aliphatic rings. The lowest BCUT2D eigenvalue weighted by atomic mass is 9.98. The lowest BCUT2D eigenvalue weighted by Crippen LogP contribution is -2.40. The number of rotatable bonds is 2. The number of carbonyl (C=O) groups is 2. The zero-order valence-electron chi connectivity index (χ0n) is 16.7. The second-order valence-electron chi connectivity index (χ2n) is 7.38. The molecule has 2 amide bonds. The molecule has 1 unspecified atom stereocenters. The summed E-state index contributed by atoms with van der Waals surface area (Å²) >= 11 is 0. The monoisotopic (exact) mass is 388 g/mol. The highest BCUT2D eigenvalue weighted by Crippen LogP contribution is 2.29. The van der Waals surface area contributed by atoms with Crippen LogP contribution in [0.5, 0.6) is 0 Å². The number of benzene rings is 2. The molecule has 2 heterocycles. The summed E-state index contributed by atoms with van der Waals surface area (Å²) in [6, 6.07) is 15.7. The minimum Gasteiger partial charge on any atom is -0.367 e. The van der Waals surface area contributed by atoms with Gasteiger partial charge in [0.2, 0.25) is 11.8 Å². The van der Waals surface area contributed by atoms with Gasteiger partial charge < -0.3 is 15.7 Å². The predicted octanol–water partition coefficient (Wildman–Crippen LogP) is 3.24. The first-order valence-electron chi connectivity index (χ1n) is 9.28. The summed E-state index contributed by atoms with van der Waals surface area (Å²) in [5, 5.41) is 15.1. The molecule has 0 aliphatic carbocycles. The number of aliphatic hydroxyl groups is 1. The van der Waals surface area contributed by atoms with Crippen LogP contribution in [0.25, 0.3) is 11.1 Å². The van der Waals surface area contributed by atoms with Crippen LogP contribution in [0.4, 0.5) is 0 Å². The van der Waals surface area contributed by atoms with E-state index in [2.05, 4.69) is 17.2 Å². The van der Waals surface area contributed by atoms with E-state index in [1.165, 1.54) is 11.6 Å². The van der Waals surface area contributed by atoms with Gasteiger partial charge in [0.25, 0.3) is 0 Å². The fourth-order valence-corrected chi connectivity index (χ4v) is 3.17. The van der Waals surface area contributed by atoms with Gasteiger partial charge in [-0.15, -0.1) is 0 Å². The lowest BCUT2D eigenvalue weighted by Gasteiger charge is -2.21. The molecule has 2 aliphatic heterocycles. The fourth-order valence-electron chi connectivity index (χ4n) is 3.17. The van der Waals surface area contributed by atoms with Crippen LogP contribution >= 0.6 is 0 Å². The standard InChI is InChI=1S/C12H13NO2.C12H11NO/c1-8-3-5-9(6-4-8)10-7-11(14)13-12(10,2)15;1-8-3-5-10(6-4-8)11-7-12(14)13-9(11)2/h3-7,15H,1-2H3,(H,13,14);3-7H,2H2,1H3,(H,13,14). The molecule has 5 nitrogen and oxygen atoms in total. The molecule has 29 heavy (non-hydrogen) atoms. The van der Waals surface area contributed by atoms with Crippen molar-refractivity contribution in [1.82, 2.24) is 10.6 Å². The molecule has 0 saturated heterocycles. The van der Waals surface area contributed by atoms with Crippen LogP contribution in [0, 0.1) is 13.8 Å². The van der Waals surface area contributed by atoms with E-state index in [4.69, 9.17) is 0 Å². The maximum atomic E-state index is 11.2. The second-order valence-corrected chi connectivity index (χ2v) is 7.38. The summed E-state index contributed by atoms with van der Waals surface area (Å²) < 4.78 is 0. The third-order valence-electron chi connectivity index (χ3n) is 4.77. The van der Waals surface area contributed by atoms with Crippen LogP contribution in [0.3, 0.4) is 0 Å². The highest BCUT2D eigenvalue weighted by molar-refractivity contribution is 6.06. The summed E-state index contributed by atoms with van der Waals surface area (Å²) in [6.45, 7) is 9.38. The molecule has 0 spiro atoms. The van der Waals surface area contributed by atoms with E-state index in [0.717, 1.165) is 22.3 Å². The van der Waals surface area contributed by atoms with Gasteiger partial charge in [-0.3, -0.25) is 9.59 Å². The Balaban J connectivity index is 0.000000166. The van der Waals surface area contributed by atoms with Crippen molar-refractivity contribution in [2.45, 2.75) is 26.5 Å². The molecule has 5 heteroatoms. The summed E-state index contributed by atoms with van der Waals surface area (Å²) in [5.41, 5.74) is 5.17. The van der Waals surface area contributed by atoms with Gasteiger partial charge in [-0.05, 0) is 31.9 Å². The minimum absolute atomic E-state index is 0.0921. The van der Waals surface area contributed by atoms with E-state index in [-0.39, 0.29) is 11.8 Å². The van der Waals surface area contributed by atoms with Crippen molar-refractivity contribution in [2.75, 3.05) is 0 Å². The summed E-state index contributed by atoms with van der Waals surface area (Å²) in [4.78, 5) is 22.2. The van der Waals surface area contributed by atoms with Gasteiger partial charge in [0.05, 0.1) is 0 Å². The Morgan fingerprint density at radius 1 is 0.828 bits per heavy atom. The van der Waals surface area contributed by atoms with Crippen molar-refractivity contribution < 1.29 is 14.7 Å². The maximum Gasteiger partial charge on any atom is 0.249 e. The molecule has 0 radical (unpaired) electrons. The fraction of sp³-hybridized carbons (Fsp3) is 0.167. The Bertz CT molecular complexity index is 1030. The van der Waals surface area contributed by atoms with Crippen LogP contribution < -0.4 is 10.6 Å². The van der Waals surface area contributed by atoms with E-state index in [1.807, 2.05) is 62.4 Å². The average molecular weight is 388 g/mol. The van der Waals surface area contributed by atoms with Gasteiger partial charge in [0.1, 0.15) is 0 Å². The first kappa shape index (κ1) is 20.3. The molecule has 0 aromatic heterocycles. The molecule has 0 saturated carbocycles. The number of allylic oxidation sites excluding steroid dienone is 1. The zero-order chi connectivity index (χ0) is 21.2. The SMILES string of the molecule is C=C1NC(=O)C=C1c1ccc(C)cc1.Cc1ccc(C2=CC(=O)NC2(C)O)cc1. The molecular formula is C24H24N2O3. The van der Waals surface area contributed by atoms with E-state index in [0.29, 0.717) is 11.3 Å². The van der Waals surface area contributed by atoms with Crippen LogP contribution in [0.1, 0.15) is 29.2 Å². The first-order valence-corrected chi connectivity index (χ1v) is 9.28. The third-order valence-corrected chi connectivity index (χ3v) is 4.77. The molecule has 0 fully saturated rings. The van der Waals surface area contributed by atoms with Gasteiger partial charge >= 0.3 is 0 Å². The zero-order valence-corrected chi connectivity index (χ0v) is 16.7. The Hall–Kier alpha value is -3.44. The van der Waals surface area contributed by atoms with Gasteiger partial charge in [0.15, 0.2) is 5.72 Å². The van der Waals surface area contributed by atoms with Crippen LogP contribution in [0.2, 0.25) is 0 Å². The van der Waals surface area contributed by atoms with Crippen LogP contribution in [-0.2, 0) is 9.59 Å². The molecule has 3 N–H and O–H groups in total. The maximum absolute atomic E-state index is 11.2. The molecule has 148 valence electrons. The third kappa shape index (κ3) is 4.70.